The Morgan fingerprint density at radius 1 is 1.31 bits per heavy atom. The van der Waals surface area contributed by atoms with Gasteiger partial charge in [-0.1, -0.05) is 18.2 Å². The average molecular weight is 443 g/mol. The number of likely N-dealkylation sites (N-methyl/N-ethyl adjacent to an activating group) is 1. The van der Waals surface area contributed by atoms with Crippen LogP contribution in [0.15, 0.2) is 30.5 Å². The molecule has 0 spiro atoms. The summed E-state index contributed by atoms with van der Waals surface area (Å²) in [6, 6.07) is 6.82. The van der Waals surface area contributed by atoms with E-state index in [-0.39, 0.29) is 11.8 Å². The number of H-pyrrole nitrogens is 1. The van der Waals surface area contributed by atoms with Gasteiger partial charge >= 0.3 is 6.09 Å². The molecule has 0 saturated carbocycles. The molecule has 1 aromatic carbocycles. The van der Waals surface area contributed by atoms with Gasteiger partial charge in [0.25, 0.3) is 0 Å². The summed E-state index contributed by atoms with van der Waals surface area (Å²) >= 11 is 0. The van der Waals surface area contributed by atoms with Gasteiger partial charge in [0.1, 0.15) is 0 Å². The molecule has 0 unspecified atom stereocenters. The number of aromatic nitrogens is 1. The zero-order valence-electron chi connectivity index (χ0n) is 19.1. The van der Waals surface area contributed by atoms with Crippen LogP contribution in [0.1, 0.15) is 25.0 Å². The predicted molar refractivity (Wildman–Crippen MR) is 126 cm³/mol. The zero-order valence-corrected chi connectivity index (χ0v) is 19.1. The molecular weight excluding hydrogens is 408 g/mol. The molecule has 0 bridgehead atoms. The normalized spacial score (nSPS) is 19.4. The monoisotopic (exact) mass is 442 g/mol. The quantitative estimate of drug-likeness (QED) is 0.396. The molecule has 2 aromatic rings. The van der Waals surface area contributed by atoms with Crippen molar-refractivity contribution in [1.29, 1.82) is 0 Å². The van der Waals surface area contributed by atoms with Crippen molar-refractivity contribution in [1.82, 2.24) is 20.3 Å². The standard InChI is InChI=1S/C20H25N3O.C3H9N3O2/c1-4-23(5-2)20(24)14-9-16-15-7-6-8-17-19(15)13(11-21-17)10-18(16)22(3)12-14;4-1-2-6-8-3(5)7/h6-9,11,14,18,21H,4-5,10,12H2,1-3H3;6H,1-2,4H2,(H2,5,7)/t14-,18-;/m1./s1. The van der Waals surface area contributed by atoms with Gasteiger partial charge < -0.3 is 26.2 Å². The van der Waals surface area contributed by atoms with Crippen LogP contribution in [0.25, 0.3) is 16.5 Å². The van der Waals surface area contributed by atoms with E-state index < -0.39 is 6.09 Å². The average Bonchev–Trinajstić information content (AvgIpc) is 3.20. The van der Waals surface area contributed by atoms with E-state index in [0.29, 0.717) is 19.1 Å². The first-order chi connectivity index (χ1) is 15.4. The van der Waals surface area contributed by atoms with E-state index in [1.54, 1.807) is 0 Å². The van der Waals surface area contributed by atoms with Gasteiger partial charge in [0.05, 0.1) is 5.92 Å². The van der Waals surface area contributed by atoms with Gasteiger partial charge in [-0.25, -0.2) is 4.79 Å². The molecule has 2 amide bonds. The molecule has 32 heavy (non-hydrogen) atoms. The fraction of sp³-hybridized carbons (Fsp3) is 0.478. The predicted octanol–water partition coefficient (Wildman–Crippen LogP) is 1.45. The van der Waals surface area contributed by atoms with Gasteiger partial charge in [-0.3, -0.25) is 9.69 Å². The number of nitrogens with one attached hydrogen (secondary N) is 2. The Labute approximate surface area is 188 Å². The Kier molecular flexibility index (Phi) is 7.89. The van der Waals surface area contributed by atoms with Crippen LogP contribution in [0.3, 0.4) is 0 Å². The van der Waals surface area contributed by atoms with Crippen molar-refractivity contribution in [3.05, 3.63) is 41.6 Å². The summed E-state index contributed by atoms with van der Waals surface area (Å²) in [6.07, 6.45) is 4.56. The van der Waals surface area contributed by atoms with E-state index in [2.05, 4.69) is 77.3 Å². The molecule has 2 aliphatic rings. The van der Waals surface area contributed by atoms with Crippen LogP contribution in [0.5, 0.6) is 0 Å². The number of hydrogen-bond donors (Lipinski definition) is 4. The number of fused-ring (bicyclic) bond motifs is 2. The highest BCUT2D eigenvalue weighted by Gasteiger charge is 2.36. The first-order valence-corrected chi connectivity index (χ1v) is 11.1. The van der Waals surface area contributed by atoms with Gasteiger partial charge in [-0.15, -0.1) is 0 Å². The number of primary amides is 1. The summed E-state index contributed by atoms with van der Waals surface area (Å²) < 4.78 is 0. The number of benzene rings is 1. The van der Waals surface area contributed by atoms with Crippen molar-refractivity contribution in [2.75, 3.05) is 39.8 Å². The molecule has 0 saturated heterocycles. The molecule has 2 atom stereocenters. The number of amides is 2. The highest BCUT2D eigenvalue weighted by atomic mass is 16.7. The molecule has 1 aliphatic carbocycles. The molecule has 2 heterocycles. The van der Waals surface area contributed by atoms with Crippen LogP contribution >= 0.6 is 0 Å². The van der Waals surface area contributed by atoms with E-state index in [1.807, 2.05) is 4.90 Å². The maximum atomic E-state index is 12.9. The van der Waals surface area contributed by atoms with E-state index in [0.717, 1.165) is 26.1 Å². The molecule has 9 heteroatoms. The van der Waals surface area contributed by atoms with Crippen molar-refractivity contribution < 1.29 is 14.4 Å². The lowest BCUT2D eigenvalue weighted by molar-refractivity contribution is -0.134. The summed E-state index contributed by atoms with van der Waals surface area (Å²) in [6.45, 7) is 7.30. The van der Waals surface area contributed by atoms with Crippen LogP contribution in [0.4, 0.5) is 4.79 Å². The number of nitrogens with two attached hydrogens (primary N) is 2. The van der Waals surface area contributed by atoms with Crippen LogP contribution < -0.4 is 16.9 Å². The molecular formula is C23H34N6O3. The Balaban J connectivity index is 0.000000312. The fourth-order valence-electron chi connectivity index (χ4n) is 4.56. The third kappa shape index (κ3) is 4.95. The van der Waals surface area contributed by atoms with E-state index in [4.69, 9.17) is 5.73 Å². The third-order valence-electron chi connectivity index (χ3n) is 6.08. The van der Waals surface area contributed by atoms with Gasteiger partial charge in [-0.2, -0.15) is 5.48 Å². The van der Waals surface area contributed by atoms with Gasteiger partial charge in [0, 0.05) is 55.9 Å². The summed E-state index contributed by atoms with van der Waals surface area (Å²) in [7, 11) is 2.15. The minimum atomic E-state index is -0.849. The number of carbonyl (C=O) groups is 2. The maximum Gasteiger partial charge on any atom is 0.423 e. The summed E-state index contributed by atoms with van der Waals surface area (Å²) in [5.74, 6) is 0.210. The van der Waals surface area contributed by atoms with Crippen LogP contribution in [0.2, 0.25) is 0 Å². The number of aromatic amines is 1. The van der Waals surface area contributed by atoms with E-state index in [1.165, 1.54) is 27.6 Å². The Hall–Kier alpha value is -2.88. The van der Waals surface area contributed by atoms with Crippen molar-refractivity contribution in [3.63, 3.8) is 0 Å². The lowest BCUT2D eigenvalue weighted by Gasteiger charge is -2.40. The number of rotatable bonds is 6. The maximum absolute atomic E-state index is 12.9. The second-order valence-electron chi connectivity index (χ2n) is 8.04. The third-order valence-corrected chi connectivity index (χ3v) is 6.08. The van der Waals surface area contributed by atoms with Crippen molar-refractivity contribution in [2.45, 2.75) is 26.3 Å². The number of hydroxylamine groups is 1. The van der Waals surface area contributed by atoms with Crippen LogP contribution in [-0.4, -0.2) is 72.6 Å². The summed E-state index contributed by atoms with van der Waals surface area (Å²) in [5.41, 5.74) is 17.0. The van der Waals surface area contributed by atoms with Crippen LogP contribution in [-0.2, 0) is 16.1 Å². The number of carbonyl (C=O) groups excluding carboxylic acids is 2. The molecule has 1 aliphatic heterocycles. The Morgan fingerprint density at radius 2 is 2.06 bits per heavy atom. The largest absolute Gasteiger partial charge is 0.423 e. The molecule has 0 fully saturated rings. The molecule has 6 N–H and O–H groups in total. The van der Waals surface area contributed by atoms with Crippen molar-refractivity contribution in [3.8, 4) is 0 Å². The molecule has 1 aromatic heterocycles. The lowest BCUT2D eigenvalue weighted by Crippen LogP contribution is -2.47. The Bertz CT molecular complexity index is 981. The number of hydrogen-bond acceptors (Lipinski definition) is 6. The SMILES string of the molecule is CCN(CC)C(=O)[C@@H]1C=C2c3cccc4[nH]cc(c34)C[C@H]2N(C)C1.NCCNOC(N)=O. The van der Waals surface area contributed by atoms with Gasteiger partial charge in [-0.05, 0) is 50.1 Å². The smallest absolute Gasteiger partial charge is 0.361 e. The summed E-state index contributed by atoms with van der Waals surface area (Å²) in [4.78, 5) is 34.4. The summed E-state index contributed by atoms with van der Waals surface area (Å²) in [5, 5.41) is 1.34. The molecule has 174 valence electrons. The minimum Gasteiger partial charge on any atom is -0.361 e. The first kappa shape index (κ1) is 23.8. The highest BCUT2D eigenvalue weighted by molar-refractivity contribution is 5.99. The zero-order chi connectivity index (χ0) is 23.3. The van der Waals surface area contributed by atoms with Gasteiger partial charge in [0.2, 0.25) is 5.91 Å². The van der Waals surface area contributed by atoms with E-state index in [9.17, 15) is 9.59 Å². The van der Waals surface area contributed by atoms with Crippen molar-refractivity contribution >= 4 is 28.5 Å². The second-order valence-corrected chi connectivity index (χ2v) is 8.04. The van der Waals surface area contributed by atoms with E-state index >= 15 is 0 Å². The molecule has 0 radical (unpaired) electrons. The lowest BCUT2D eigenvalue weighted by atomic mass is 9.79. The minimum absolute atomic E-state index is 0.0445. The molecule has 9 nitrogen and oxygen atoms in total. The van der Waals surface area contributed by atoms with Gasteiger partial charge in [0.15, 0.2) is 0 Å². The second kappa shape index (κ2) is 10.6. The number of nitrogens with zero attached hydrogens (tertiary/aromatic N) is 2. The fourth-order valence-corrected chi connectivity index (χ4v) is 4.56. The highest BCUT2D eigenvalue weighted by Crippen LogP contribution is 2.40. The molecule has 4 rings (SSSR count). The van der Waals surface area contributed by atoms with Crippen molar-refractivity contribution in [2.24, 2.45) is 17.4 Å². The van der Waals surface area contributed by atoms with Crippen LogP contribution in [0, 0.1) is 5.92 Å². The Morgan fingerprint density at radius 3 is 2.72 bits per heavy atom. The first-order valence-electron chi connectivity index (χ1n) is 11.1. The topological polar surface area (TPSA) is 130 Å².